The van der Waals surface area contributed by atoms with Gasteiger partial charge in [0, 0.05) is 6.08 Å². The number of rotatable bonds is 6. The van der Waals surface area contributed by atoms with Crippen LogP contribution in [-0.2, 0) is 4.79 Å². The molecule has 1 N–H and O–H groups in total. The number of furan rings is 1. The molecule has 0 radical (unpaired) electrons. The van der Waals surface area contributed by atoms with Gasteiger partial charge in [-0.1, -0.05) is 12.1 Å². The number of ether oxygens (including phenoxy) is 1. The van der Waals surface area contributed by atoms with Gasteiger partial charge in [0.05, 0.1) is 6.54 Å². The van der Waals surface area contributed by atoms with Crippen LogP contribution < -0.4 is 10.1 Å². The van der Waals surface area contributed by atoms with E-state index in [1.54, 1.807) is 6.08 Å². The van der Waals surface area contributed by atoms with Crippen LogP contribution in [0.2, 0.25) is 0 Å². The smallest absolute Gasteiger partial charge is 0.244 e. The highest BCUT2D eigenvalue weighted by molar-refractivity contribution is 5.91. The Hall–Kier alpha value is -2.49. The highest BCUT2D eigenvalue weighted by Gasteiger charge is 1.98. The van der Waals surface area contributed by atoms with Crippen LogP contribution in [0.15, 0.2) is 46.9 Å². The van der Waals surface area contributed by atoms with Gasteiger partial charge in [0.25, 0.3) is 0 Å². The van der Waals surface area contributed by atoms with E-state index < -0.39 is 0 Å². The molecule has 0 fully saturated rings. The van der Waals surface area contributed by atoms with Crippen molar-refractivity contribution < 1.29 is 13.9 Å². The summed E-state index contributed by atoms with van der Waals surface area (Å²) < 4.78 is 10.9. The van der Waals surface area contributed by atoms with E-state index in [0.717, 1.165) is 17.1 Å². The normalized spacial score (nSPS) is 10.8. The summed E-state index contributed by atoms with van der Waals surface area (Å²) in [6, 6.07) is 11.5. The summed E-state index contributed by atoms with van der Waals surface area (Å²) >= 11 is 0. The maximum absolute atomic E-state index is 11.6. The van der Waals surface area contributed by atoms with E-state index in [-0.39, 0.29) is 5.91 Å². The first-order chi connectivity index (χ1) is 10.1. The highest BCUT2D eigenvalue weighted by atomic mass is 16.5. The van der Waals surface area contributed by atoms with E-state index in [4.69, 9.17) is 9.15 Å². The number of amides is 1. The second-order valence-corrected chi connectivity index (χ2v) is 4.74. The Morgan fingerprint density at radius 1 is 1.29 bits per heavy atom. The molecule has 1 heterocycles. The van der Waals surface area contributed by atoms with Gasteiger partial charge in [0.15, 0.2) is 0 Å². The van der Waals surface area contributed by atoms with Gasteiger partial charge in [-0.15, -0.1) is 0 Å². The number of hydrogen-bond acceptors (Lipinski definition) is 3. The summed E-state index contributed by atoms with van der Waals surface area (Å²) in [5.74, 6) is 2.13. The third-order valence-electron chi connectivity index (χ3n) is 2.82. The quantitative estimate of drug-likeness (QED) is 0.655. The van der Waals surface area contributed by atoms with Crippen LogP contribution in [0.5, 0.6) is 5.75 Å². The average molecular weight is 285 g/mol. The second kappa shape index (κ2) is 7.33. The number of carbonyl (C=O) groups is 1. The molecule has 0 bridgehead atoms. The molecule has 0 atom stereocenters. The van der Waals surface area contributed by atoms with Crippen LogP contribution in [0.1, 0.15) is 17.1 Å². The van der Waals surface area contributed by atoms with Crippen LogP contribution in [0.25, 0.3) is 6.08 Å². The zero-order chi connectivity index (χ0) is 15.1. The fourth-order valence-electron chi connectivity index (χ4n) is 1.81. The van der Waals surface area contributed by atoms with Crippen LogP contribution >= 0.6 is 0 Å². The summed E-state index contributed by atoms with van der Waals surface area (Å²) in [6.45, 7) is 4.76. The van der Waals surface area contributed by atoms with Crippen molar-refractivity contribution in [1.82, 2.24) is 5.32 Å². The molecule has 2 rings (SSSR count). The molecule has 1 amide bonds. The Morgan fingerprint density at radius 3 is 2.86 bits per heavy atom. The maximum Gasteiger partial charge on any atom is 0.244 e. The molecule has 1 aromatic carbocycles. The van der Waals surface area contributed by atoms with Gasteiger partial charge in [-0.25, -0.2) is 0 Å². The molecule has 0 spiro atoms. The zero-order valence-corrected chi connectivity index (χ0v) is 12.3. The Balaban J connectivity index is 1.68. The molecule has 4 heteroatoms. The van der Waals surface area contributed by atoms with Gasteiger partial charge in [-0.2, -0.15) is 0 Å². The molecule has 0 aliphatic carbocycles. The minimum atomic E-state index is -0.170. The Kier molecular flexibility index (Phi) is 5.21. The molecule has 21 heavy (non-hydrogen) atoms. The van der Waals surface area contributed by atoms with Gasteiger partial charge in [0.2, 0.25) is 5.91 Å². The zero-order valence-electron chi connectivity index (χ0n) is 12.3. The Bertz CT molecular complexity index is 628. The highest BCUT2D eigenvalue weighted by Crippen LogP contribution is 2.11. The van der Waals surface area contributed by atoms with Crippen molar-refractivity contribution in [2.45, 2.75) is 13.8 Å². The molecular weight excluding hydrogens is 266 g/mol. The van der Waals surface area contributed by atoms with E-state index in [2.05, 4.69) is 5.32 Å². The van der Waals surface area contributed by atoms with Gasteiger partial charge < -0.3 is 14.5 Å². The third kappa shape index (κ3) is 5.18. The van der Waals surface area contributed by atoms with Crippen molar-refractivity contribution in [3.63, 3.8) is 0 Å². The fraction of sp³-hybridized carbons (Fsp3) is 0.235. The number of benzene rings is 1. The Labute approximate surface area is 124 Å². The van der Waals surface area contributed by atoms with Crippen molar-refractivity contribution in [3.8, 4) is 5.75 Å². The Morgan fingerprint density at radius 2 is 2.14 bits per heavy atom. The third-order valence-corrected chi connectivity index (χ3v) is 2.82. The molecule has 0 saturated heterocycles. The molecule has 0 aliphatic rings. The van der Waals surface area contributed by atoms with Crippen LogP contribution in [0.3, 0.4) is 0 Å². The van der Waals surface area contributed by atoms with E-state index in [9.17, 15) is 4.79 Å². The van der Waals surface area contributed by atoms with E-state index in [1.165, 1.54) is 6.08 Å². The first kappa shape index (κ1) is 14.9. The molecule has 4 nitrogen and oxygen atoms in total. The van der Waals surface area contributed by atoms with Crippen LogP contribution in [-0.4, -0.2) is 19.1 Å². The van der Waals surface area contributed by atoms with Crippen LogP contribution in [0.4, 0.5) is 0 Å². The summed E-state index contributed by atoms with van der Waals surface area (Å²) in [4.78, 5) is 11.6. The molecular formula is C17H19NO3. The lowest BCUT2D eigenvalue weighted by Gasteiger charge is -2.07. The van der Waals surface area contributed by atoms with Gasteiger partial charge in [0.1, 0.15) is 23.9 Å². The first-order valence-electron chi connectivity index (χ1n) is 6.85. The average Bonchev–Trinajstić information content (AvgIpc) is 2.87. The van der Waals surface area contributed by atoms with E-state index >= 15 is 0 Å². The molecule has 1 aromatic heterocycles. The topological polar surface area (TPSA) is 51.5 Å². The first-order valence-corrected chi connectivity index (χ1v) is 6.85. The lowest BCUT2D eigenvalue weighted by Crippen LogP contribution is -2.26. The van der Waals surface area contributed by atoms with E-state index in [1.807, 2.05) is 50.2 Å². The van der Waals surface area contributed by atoms with Crippen molar-refractivity contribution in [3.05, 3.63) is 59.6 Å². The molecule has 0 unspecified atom stereocenters. The van der Waals surface area contributed by atoms with Crippen molar-refractivity contribution in [2.75, 3.05) is 13.2 Å². The number of hydrogen-bond donors (Lipinski definition) is 1. The fourth-order valence-corrected chi connectivity index (χ4v) is 1.81. The predicted octanol–water partition coefficient (Wildman–Crippen LogP) is 3.10. The number of aryl methyl sites for hydroxylation is 2. The number of carbonyl (C=O) groups excluding carboxylic acids is 1. The predicted molar refractivity (Wildman–Crippen MR) is 82.2 cm³/mol. The lowest BCUT2D eigenvalue weighted by atomic mass is 10.2. The van der Waals surface area contributed by atoms with Gasteiger partial charge >= 0.3 is 0 Å². The number of nitrogens with one attached hydrogen (secondary N) is 1. The SMILES string of the molecule is Cc1cccc(OCCNC(=O)/C=C/c2ccc(C)o2)c1. The summed E-state index contributed by atoms with van der Waals surface area (Å²) in [5.41, 5.74) is 1.15. The minimum Gasteiger partial charge on any atom is -0.492 e. The monoisotopic (exact) mass is 285 g/mol. The second-order valence-electron chi connectivity index (χ2n) is 4.74. The van der Waals surface area contributed by atoms with E-state index in [0.29, 0.717) is 18.9 Å². The minimum absolute atomic E-state index is 0.170. The lowest BCUT2D eigenvalue weighted by molar-refractivity contribution is -0.116. The largest absolute Gasteiger partial charge is 0.492 e. The summed E-state index contributed by atoms with van der Waals surface area (Å²) in [7, 11) is 0. The van der Waals surface area contributed by atoms with Crippen LogP contribution in [0, 0.1) is 13.8 Å². The van der Waals surface area contributed by atoms with Gasteiger partial charge in [-0.3, -0.25) is 4.79 Å². The van der Waals surface area contributed by atoms with Gasteiger partial charge in [-0.05, 0) is 49.8 Å². The van der Waals surface area contributed by atoms with Crippen molar-refractivity contribution in [1.29, 1.82) is 0 Å². The maximum atomic E-state index is 11.6. The molecule has 0 saturated carbocycles. The van der Waals surface area contributed by atoms with Crippen molar-refractivity contribution >= 4 is 12.0 Å². The standard InChI is InChI=1S/C17H19NO3/c1-13-4-3-5-16(12-13)20-11-10-18-17(19)9-8-15-7-6-14(2)21-15/h3-9,12H,10-11H2,1-2H3,(H,18,19)/b9-8+. The molecule has 2 aromatic rings. The summed E-state index contributed by atoms with van der Waals surface area (Å²) in [5, 5.41) is 2.75. The molecule has 110 valence electrons. The molecule has 0 aliphatic heterocycles. The summed E-state index contributed by atoms with van der Waals surface area (Å²) in [6.07, 6.45) is 3.09. The van der Waals surface area contributed by atoms with Crippen molar-refractivity contribution in [2.24, 2.45) is 0 Å².